The van der Waals surface area contributed by atoms with Crippen molar-refractivity contribution in [3.05, 3.63) is 45.1 Å². The molecule has 9 heteroatoms. The maximum Gasteiger partial charge on any atom is 0.333 e. The van der Waals surface area contributed by atoms with E-state index >= 15 is 0 Å². The van der Waals surface area contributed by atoms with Gasteiger partial charge < -0.3 is 14.8 Å². The highest BCUT2D eigenvalue weighted by Crippen LogP contribution is 2.38. The molecule has 0 spiro atoms. The van der Waals surface area contributed by atoms with Crippen LogP contribution in [-0.4, -0.2) is 19.6 Å². The molecule has 0 bridgehead atoms. The van der Waals surface area contributed by atoms with Crippen LogP contribution in [0.3, 0.4) is 0 Å². The number of furan rings is 1. The summed E-state index contributed by atoms with van der Waals surface area (Å²) >= 11 is 3.51. The second-order valence-electron chi connectivity index (χ2n) is 8.86. The zero-order valence-corrected chi connectivity index (χ0v) is 20.8. The summed E-state index contributed by atoms with van der Waals surface area (Å²) in [6.07, 6.45) is 1.76. The Hall–Kier alpha value is -1.84. The van der Waals surface area contributed by atoms with Gasteiger partial charge in [-0.05, 0) is 54.9 Å². The molecule has 1 aromatic carbocycles. The summed E-state index contributed by atoms with van der Waals surface area (Å²) in [5.74, 6) is 0.663. The number of halogens is 1. The van der Waals surface area contributed by atoms with Crippen LogP contribution in [0.25, 0.3) is 0 Å². The molecule has 2 aromatic rings. The number of benzene rings is 1. The van der Waals surface area contributed by atoms with E-state index < -0.39 is 21.7 Å². The molecule has 2 amide bonds. The number of carbonyl (C=O) groups excluding carboxylic acids is 1. The minimum Gasteiger partial charge on any atom is -0.447 e. The first-order chi connectivity index (χ1) is 14.3. The molecule has 0 radical (unpaired) electrons. The van der Waals surface area contributed by atoms with Crippen molar-refractivity contribution in [3.63, 3.8) is 0 Å². The van der Waals surface area contributed by atoms with E-state index in [0.717, 1.165) is 15.6 Å². The third kappa shape index (κ3) is 4.99. The van der Waals surface area contributed by atoms with E-state index in [1.54, 1.807) is 6.92 Å². The topological polar surface area (TPSA) is 109 Å². The molecule has 1 unspecified atom stereocenters. The lowest BCUT2D eigenvalue weighted by Gasteiger charge is -2.26. The van der Waals surface area contributed by atoms with Crippen molar-refractivity contribution < 1.29 is 22.7 Å². The van der Waals surface area contributed by atoms with Gasteiger partial charge in [-0.25, -0.2) is 9.52 Å². The Bertz CT molecular complexity index is 1070. The zero-order valence-electron chi connectivity index (χ0n) is 18.4. The maximum atomic E-state index is 12.8. The van der Waals surface area contributed by atoms with Gasteiger partial charge in [0, 0.05) is 28.2 Å². The van der Waals surface area contributed by atoms with Crippen LogP contribution in [0, 0.1) is 0 Å². The van der Waals surface area contributed by atoms with Crippen LogP contribution in [0.2, 0.25) is 0 Å². The van der Waals surface area contributed by atoms with E-state index in [9.17, 15) is 18.3 Å². The summed E-state index contributed by atoms with van der Waals surface area (Å²) < 4.78 is 34.0. The molecule has 7 nitrogen and oxygen atoms in total. The molecular weight excluding hydrogens is 484 g/mol. The first-order valence-electron chi connectivity index (χ1n) is 10.3. The molecule has 1 aromatic heterocycles. The summed E-state index contributed by atoms with van der Waals surface area (Å²) in [4.78, 5) is 12.7. The fourth-order valence-corrected chi connectivity index (χ4v) is 5.29. The number of anilines is 1. The number of aryl methyl sites for hydroxylation is 1. The van der Waals surface area contributed by atoms with Crippen LogP contribution in [0.1, 0.15) is 81.7 Å². The molecule has 0 saturated carbocycles. The van der Waals surface area contributed by atoms with E-state index in [1.807, 2.05) is 44.5 Å². The fraction of sp³-hybridized carbons (Fsp3) is 0.500. The number of hydrogen-bond acceptors (Lipinski definition) is 5. The summed E-state index contributed by atoms with van der Waals surface area (Å²) in [5, 5.41) is 12.9. The number of sulfonamides is 1. The number of fused-ring (bicyclic) bond motifs is 1. The monoisotopic (exact) mass is 512 g/mol. The number of nitrogens with one attached hydrogen (secondary N) is 2. The highest BCUT2D eigenvalue weighted by atomic mass is 79.9. The second-order valence-corrected chi connectivity index (χ2v) is 11.4. The smallest absolute Gasteiger partial charge is 0.333 e. The fourth-order valence-electron chi connectivity index (χ4n) is 3.92. The van der Waals surface area contributed by atoms with Crippen LogP contribution in [0.15, 0.2) is 32.2 Å². The summed E-state index contributed by atoms with van der Waals surface area (Å²) in [7, 11) is -4.25. The zero-order chi connectivity index (χ0) is 23.1. The van der Waals surface area contributed by atoms with E-state index in [-0.39, 0.29) is 16.9 Å². The van der Waals surface area contributed by atoms with Crippen molar-refractivity contribution in [3.8, 4) is 0 Å². The maximum absolute atomic E-state index is 12.8. The number of hydrogen-bond donors (Lipinski definition) is 3. The molecule has 0 fully saturated rings. The SMILES string of the molecule is CC(C)c1cc(Br)cc(C(C)C)c1NC(=O)NS(=O)(=O)c1cc2c(o1)CCCC2(C)O. The molecule has 170 valence electrons. The van der Waals surface area contributed by atoms with E-state index in [4.69, 9.17) is 4.42 Å². The largest absolute Gasteiger partial charge is 0.447 e. The Labute approximate surface area is 191 Å². The molecular formula is C22H29BrN2O5S. The lowest BCUT2D eigenvalue weighted by Crippen LogP contribution is -2.35. The number of aliphatic hydroxyl groups is 1. The Kier molecular flexibility index (Phi) is 6.60. The minimum absolute atomic E-state index is 0.112. The van der Waals surface area contributed by atoms with Crippen molar-refractivity contribution in [2.75, 3.05) is 5.32 Å². The van der Waals surface area contributed by atoms with Gasteiger partial charge in [0.2, 0.25) is 5.09 Å². The van der Waals surface area contributed by atoms with Crippen molar-refractivity contribution in [1.29, 1.82) is 0 Å². The van der Waals surface area contributed by atoms with Crippen molar-refractivity contribution in [2.45, 2.75) is 76.4 Å². The van der Waals surface area contributed by atoms with Gasteiger partial charge in [0.25, 0.3) is 10.0 Å². The Morgan fingerprint density at radius 2 is 1.74 bits per heavy atom. The Balaban J connectivity index is 1.89. The Morgan fingerprint density at radius 3 is 2.26 bits per heavy atom. The van der Waals surface area contributed by atoms with Crippen LogP contribution in [0.4, 0.5) is 10.5 Å². The molecule has 0 saturated heterocycles. The molecule has 3 N–H and O–H groups in total. The molecule has 1 heterocycles. The molecule has 1 aliphatic carbocycles. The van der Waals surface area contributed by atoms with Gasteiger partial charge in [-0.1, -0.05) is 43.6 Å². The molecule has 31 heavy (non-hydrogen) atoms. The second kappa shape index (κ2) is 8.60. The van der Waals surface area contributed by atoms with Crippen LogP contribution < -0.4 is 10.0 Å². The number of carbonyl (C=O) groups is 1. The third-order valence-electron chi connectivity index (χ3n) is 5.57. The summed E-state index contributed by atoms with van der Waals surface area (Å²) in [6, 6.07) is 4.28. The van der Waals surface area contributed by atoms with Crippen LogP contribution in [0.5, 0.6) is 0 Å². The lowest BCUT2D eigenvalue weighted by atomic mass is 9.85. The normalized spacial score (nSPS) is 18.9. The van der Waals surface area contributed by atoms with Gasteiger partial charge in [-0.15, -0.1) is 0 Å². The quantitative estimate of drug-likeness (QED) is 0.500. The number of rotatable bonds is 5. The molecule has 3 rings (SSSR count). The van der Waals surface area contributed by atoms with Gasteiger partial charge >= 0.3 is 6.03 Å². The van der Waals surface area contributed by atoms with Gasteiger partial charge in [0.05, 0.1) is 5.60 Å². The standard InChI is InChI=1S/C22H29BrN2O5S/c1-12(2)15-9-14(23)10-16(13(3)4)20(15)24-21(26)25-31(28,29)19-11-17-18(30-19)7-6-8-22(17,5)27/h9-13,27H,6-8H2,1-5H3,(H2,24,25,26). The summed E-state index contributed by atoms with van der Waals surface area (Å²) in [6.45, 7) is 9.65. The van der Waals surface area contributed by atoms with Gasteiger partial charge in [-0.3, -0.25) is 0 Å². The average molecular weight is 513 g/mol. The predicted octanol–water partition coefficient (Wildman–Crippen LogP) is 5.34. The number of urea groups is 1. The van der Waals surface area contributed by atoms with E-state index in [0.29, 0.717) is 36.3 Å². The average Bonchev–Trinajstić information content (AvgIpc) is 3.08. The summed E-state index contributed by atoms with van der Waals surface area (Å²) in [5.41, 5.74) is 1.70. The van der Waals surface area contributed by atoms with Crippen molar-refractivity contribution >= 4 is 37.7 Å². The predicted molar refractivity (Wildman–Crippen MR) is 123 cm³/mol. The minimum atomic E-state index is -4.25. The third-order valence-corrected chi connectivity index (χ3v) is 7.22. The van der Waals surface area contributed by atoms with E-state index in [1.165, 1.54) is 6.07 Å². The first-order valence-corrected chi connectivity index (χ1v) is 12.6. The van der Waals surface area contributed by atoms with Gasteiger partial charge in [0.1, 0.15) is 5.76 Å². The van der Waals surface area contributed by atoms with Gasteiger partial charge in [0.15, 0.2) is 0 Å². The molecule has 1 atom stereocenters. The van der Waals surface area contributed by atoms with Crippen LogP contribution in [-0.2, 0) is 22.0 Å². The van der Waals surface area contributed by atoms with Crippen LogP contribution >= 0.6 is 15.9 Å². The molecule has 0 aliphatic heterocycles. The van der Waals surface area contributed by atoms with Gasteiger partial charge in [-0.2, -0.15) is 8.42 Å². The Morgan fingerprint density at radius 1 is 1.16 bits per heavy atom. The van der Waals surface area contributed by atoms with Crippen molar-refractivity contribution in [2.24, 2.45) is 0 Å². The van der Waals surface area contributed by atoms with Crippen molar-refractivity contribution in [1.82, 2.24) is 4.72 Å². The number of amides is 2. The highest BCUT2D eigenvalue weighted by molar-refractivity contribution is 9.10. The van der Waals surface area contributed by atoms with E-state index in [2.05, 4.69) is 21.2 Å². The lowest BCUT2D eigenvalue weighted by molar-refractivity contribution is 0.0362. The molecule has 1 aliphatic rings. The highest BCUT2D eigenvalue weighted by Gasteiger charge is 2.35. The first kappa shape index (κ1) is 23.8.